The second kappa shape index (κ2) is 10.7. The molecule has 0 fully saturated rings. The number of hydrogen-bond acceptors (Lipinski definition) is 3. The fourth-order valence-electron chi connectivity index (χ4n) is 3.08. The Morgan fingerprint density at radius 3 is 2.72 bits per heavy atom. The molecule has 138 valence electrons. The van der Waals surface area contributed by atoms with E-state index in [2.05, 4.69) is 39.9 Å². The van der Waals surface area contributed by atoms with Crippen molar-refractivity contribution in [2.75, 3.05) is 40.0 Å². The minimum Gasteiger partial charge on any atom is -0.493 e. The molecule has 2 aliphatic heterocycles. The monoisotopic (exact) mass is 457 g/mol. The van der Waals surface area contributed by atoms with Gasteiger partial charge in [0.25, 0.3) is 0 Å². The predicted octanol–water partition coefficient (Wildman–Crippen LogP) is 2.68. The SMILES string of the molecule is CN=C(NCCC1=CCOCC1)NCCc1ccc2c(c1)CCO2.I. The summed E-state index contributed by atoms with van der Waals surface area (Å²) < 4.78 is 10.9. The molecule has 0 aliphatic carbocycles. The van der Waals surface area contributed by atoms with Gasteiger partial charge in [-0.15, -0.1) is 24.0 Å². The van der Waals surface area contributed by atoms with E-state index < -0.39 is 0 Å². The summed E-state index contributed by atoms with van der Waals surface area (Å²) in [4.78, 5) is 4.29. The van der Waals surface area contributed by atoms with Crippen LogP contribution in [-0.2, 0) is 17.6 Å². The second-order valence-electron chi connectivity index (χ2n) is 6.15. The highest BCUT2D eigenvalue weighted by atomic mass is 127. The van der Waals surface area contributed by atoms with E-state index in [-0.39, 0.29) is 24.0 Å². The van der Waals surface area contributed by atoms with Gasteiger partial charge in [0.1, 0.15) is 5.75 Å². The molecular weight excluding hydrogens is 429 g/mol. The molecule has 6 heteroatoms. The smallest absolute Gasteiger partial charge is 0.190 e. The first kappa shape index (κ1) is 20.0. The van der Waals surface area contributed by atoms with Gasteiger partial charge in [-0.05, 0) is 36.5 Å². The third-order valence-corrected chi connectivity index (χ3v) is 4.48. The molecule has 0 atom stereocenters. The lowest BCUT2D eigenvalue weighted by molar-refractivity contribution is 0.153. The van der Waals surface area contributed by atoms with Gasteiger partial charge in [-0.3, -0.25) is 4.99 Å². The maximum absolute atomic E-state index is 5.55. The van der Waals surface area contributed by atoms with E-state index in [0.29, 0.717) is 0 Å². The molecule has 0 spiro atoms. The minimum absolute atomic E-state index is 0. The molecule has 0 amide bonds. The molecular formula is C19H28IN3O2. The Morgan fingerprint density at radius 1 is 1.12 bits per heavy atom. The Morgan fingerprint density at radius 2 is 1.96 bits per heavy atom. The Hall–Kier alpha value is -1.28. The summed E-state index contributed by atoms with van der Waals surface area (Å²) in [6, 6.07) is 6.50. The van der Waals surface area contributed by atoms with Crippen molar-refractivity contribution in [3.8, 4) is 5.75 Å². The van der Waals surface area contributed by atoms with Crippen molar-refractivity contribution in [1.29, 1.82) is 0 Å². The van der Waals surface area contributed by atoms with Gasteiger partial charge in [-0.1, -0.05) is 23.8 Å². The molecule has 2 heterocycles. The van der Waals surface area contributed by atoms with Crippen LogP contribution < -0.4 is 15.4 Å². The van der Waals surface area contributed by atoms with Crippen molar-refractivity contribution in [3.63, 3.8) is 0 Å². The highest BCUT2D eigenvalue weighted by Crippen LogP contribution is 2.25. The largest absolute Gasteiger partial charge is 0.493 e. The minimum atomic E-state index is 0. The maximum atomic E-state index is 5.55. The number of nitrogens with zero attached hydrogens (tertiary/aromatic N) is 1. The molecule has 0 unspecified atom stereocenters. The van der Waals surface area contributed by atoms with Crippen LogP contribution in [0.4, 0.5) is 0 Å². The average molecular weight is 457 g/mol. The Balaban J connectivity index is 0.00000225. The van der Waals surface area contributed by atoms with E-state index in [0.717, 1.165) is 70.3 Å². The van der Waals surface area contributed by atoms with Crippen LogP contribution in [0.3, 0.4) is 0 Å². The van der Waals surface area contributed by atoms with Crippen LogP contribution in [-0.4, -0.2) is 45.9 Å². The van der Waals surface area contributed by atoms with Crippen molar-refractivity contribution < 1.29 is 9.47 Å². The molecule has 0 aromatic heterocycles. The van der Waals surface area contributed by atoms with Crippen LogP contribution in [0, 0.1) is 0 Å². The van der Waals surface area contributed by atoms with Crippen LogP contribution in [0.2, 0.25) is 0 Å². The molecule has 0 bridgehead atoms. The molecule has 5 nitrogen and oxygen atoms in total. The quantitative estimate of drug-likeness (QED) is 0.299. The molecule has 0 saturated heterocycles. The van der Waals surface area contributed by atoms with Crippen molar-refractivity contribution in [2.24, 2.45) is 4.99 Å². The van der Waals surface area contributed by atoms with Gasteiger partial charge in [0.15, 0.2) is 5.96 Å². The Bertz CT molecular complexity index is 617. The summed E-state index contributed by atoms with van der Waals surface area (Å²) in [5, 5.41) is 6.77. The fourth-order valence-corrected chi connectivity index (χ4v) is 3.08. The van der Waals surface area contributed by atoms with E-state index in [1.165, 1.54) is 16.7 Å². The highest BCUT2D eigenvalue weighted by Gasteiger charge is 2.11. The first-order chi connectivity index (χ1) is 11.8. The number of halogens is 1. The summed E-state index contributed by atoms with van der Waals surface area (Å²) in [6.45, 7) is 4.20. The van der Waals surface area contributed by atoms with E-state index in [1.807, 2.05) is 7.05 Å². The lowest BCUT2D eigenvalue weighted by Crippen LogP contribution is -2.38. The highest BCUT2D eigenvalue weighted by molar-refractivity contribution is 14.0. The van der Waals surface area contributed by atoms with Gasteiger partial charge in [-0.2, -0.15) is 0 Å². The molecule has 0 saturated carbocycles. The molecule has 2 N–H and O–H groups in total. The molecule has 2 aliphatic rings. The average Bonchev–Trinajstić information content (AvgIpc) is 3.09. The lowest BCUT2D eigenvalue weighted by atomic mass is 10.1. The van der Waals surface area contributed by atoms with Crippen LogP contribution in [0.1, 0.15) is 24.0 Å². The van der Waals surface area contributed by atoms with Crippen LogP contribution in [0.5, 0.6) is 5.75 Å². The number of hydrogen-bond donors (Lipinski definition) is 2. The summed E-state index contributed by atoms with van der Waals surface area (Å²) in [5.41, 5.74) is 4.15. The standard InChI is InChI=1S/C19H27N3O2.HI/c1-20-19(21-9-4-15-6-11-23-12-7-15)22-10-5-16-2-3-18-17(14-16)8-13-24-18;/h2-3,6,14H,4-5,7-13H2,1H3,(H2,20,21,22);1H. The normalized spacial score (nSPS) is 16.4. The number of rotatable bonds is 6. The lowest BCUT2D eigenvalue weighted by Gasteiger charge is -2.15. The Kier molecular flexibility index (Phi) is 8.54. The van der Waals surface area contributed by atoms with Gasteiger partial charge in [-0.25, -0.2) is 0 Å². The molecule has 1 aromatic carbocycles. The number of nitrogens with one attached hydrogen (secondary N) is 2. The van der Waals surface area contributed by atoms with Gasteiger partial charge >= 0.3 is 0 Å². The van der Waals surface area contributed by atoms with Crippen LogP contribution in [0.15, 0.2) is 34.8 Å². The third-order valence-electron chi connectivity index (χ3n) is 4.48. The Labute approximate surface area is 167 Å². The molecule has 1 aromatic rings. The molecule has 0 radical (unpaired) electrons. The first-order valence-corrected chi connectivity index (χ1v) is 8.80. The second-order valence-corrected chi connectivity index (χ2v) is 6.15. The zero-order valence-electron chi connectivity index (χ0n) is 14.8. The summed E-state index contributed by atoms with van der Waals surface area (Å²) in [7, 11) is 1.82. The van der Waals surface area contributed by atoms with Crippen molar-refractivity contribution in [3.05, 3.63) is 41.0 Å². The zero-order valence-corrected chi connectivity index (χ0v) is 17.2. The summed E-state index contributed by atoms with van der Waals surface area (Å²) in [5.74, 6) is 1.92. The van der Waals surface area contributed by atoms with Gasteiger partial charge < -0.3 is 20.1 Å². The zero-order chi connectivity index (χ0) is 16.6. The number of benzene rings is 1. The van der Waals surface area contributed by atoms with Crippen molar-refractivity contribution >= 4 is 29.9 Å². The fraction of sp³-hybridized carbons (Fsp3) is 0.526. The number of guanidine groups is 1. The van der Waals surface area contributed by atoms with Gasteiger partial charge in [0.2, 0.25) is 0 Å². The number of aliphatic imine (C=N–C) groups is 1. The summed E-state index contributed by atoms with van der Waals surface area (Å²) >= 11 is 0. The van der Waals surface area contributed by atoms with Crippen molar-refractivity contribution in [2.45, 2.75) is 25.7 Å². The van der Waals surface area contributed by atoms with E-state index in [4.69, 9.17) is 9.47 Å². The van der Waals surface area contributed by atoms with Gasteiger partial charge in [0, 0.05) is 26.6 Å². The number of fused-ring (bicyclic) bond motifs is 1. The van der Waals surface area contributed by atoms with Crippen molar-refractivity contribution in [1.82, 2.24) is 10.6 Å². The molecule has 25 heavy (non-hydrogen) atoms. The predicted molar refractivity (Wildman–Crippen MR) is 112 cm³/mol. The number of ether oxygens (including phenoxy) is 2. The topological polar surface area (TPSA) is 54.9 Å². The third kappa shape index (κ3) is 6.18. The van der Waals surface area contributed by atoms with E-state index in [1.54, 1.807) is 0 Å². The van der Waals surface area contributed by atoms with Gasteiger partial charge in [0.05, 0.1) is 19.8 Å². The first-order valence-electron chi connectivity index (χ1n) is 8.80. The van der Waals surface area contributed by atoms with E-state index >= 15 is 0 Å². The maximum Gasteiger partial charge on any atom is 0.190 e. The van der Waals surface area contributed by atoms with Crippen LogP contribution in [0.25, 0.3) is 0 Å². The van der Waals surface area contributed by atoms with Crippen LogP contribution >= 0.6 is 24.0 Å². The molecule has 3 rings (SSSR count). The summed E-state index contributed by atoms with van der Waals surface area (Å²) in [6.07, 6.45) is 6.31. The van der Waals surface area contributed by atoms with E-state index in [9.17, 15) is 0 Å².